The number of amides is 1. The van der Waals surface area contributed by atoms with Gasteiger partial charge in [0, 0.05) is 36.4 Å². The van der Waals surface area contributed by atoms with Gasteiger partial charge in [0.1, 0.15) is 13.2 Å². The van der Waals surface area contributed by atoms with Crippen molar-refractivity contribution in [3.05, 3.63) is 53.1 Å². The van der Waals surface area contributed by atoms with Gasteiger partial charge in [0.25, 0.3) is 5.91 Å². The van der Waals surface area contributed by atoms with Gasteiger partial charge in [-0.25, -0.2) is 0 Å². The van der Waals surface area contributed by atoms with E-state index in [4.69, 9.17) is 9.47 Å². The fourth-order valence-corrected chi connectivity index (χ4v) is 3.85. The molecule has 1 fully saturated rings. The monoisotopic (exact) mass is 380 g/mol. The molecule has 5 nitrogen and oxygen atoms in total. The van der Waals surface area contributed by atoms with E-state index in [1.165, 1.54) is 0 Å². The maximum absolute atomic E-state index is 12.8. The van der Waals surface area contributed by atoms with Gasteiger partial charge in [0.05, 0.1) is 0 Å². The molecule has 1 saturated heterocycles. The maximum Gasteiger partial charge on any atom is 0.253 e. The van der Waals surface area contributed by atoms with Crippen molar-refractivity contribution in [1.29, 1.82) is 0 Å². The SMILES string of the molecule is Cc1cc(C(=O)N2CCC(C)CC2)ccc1NCc1cccc2c1OCCO2. The third-order valence-electron chi connectivity index (χ3n) is 5.66. The van der Waals surface area contributed by atoms with Crippen LogP contribution in [0.4, 0.5) is 5.69 Å². The average molecular weight is 380 g/mol. The van der Waals surface area contributed by atoms with E-state index in [0.717, 1.165) is 65.7 Å². The largest absolute Gasteiger partial charge is 0.486 e. The van der Waals surface area contributed by atoms with Gasteiger partial charge in [-0.15, -0.1) is 0 Å². The quantitative estimate of drug-likeness (QED) is 0.861. The predicted molar refractivity (Wildman–Crippen MR) is 110 cm³/mol. The lowest BCUT2D eigenvalue weighted by Crippen LogP contribution is -2.37. The second kappa shape index (κ2) is 8.13. The molecule has 2 aromatic rings. The van der Waals surface area contributed by atoms with Crippen LogP contribution < -0.4 is 14.8 Å². The first kappa shape index (κ1) is 18.7. The number of anilines is 1. The van der Waals surface area contributed by atoms with E-state index < -0.39 is 0 Å². The molecule has 0 saturated carbocycles. The molecule has 0 spiro atoms. The van der Waals surface area contributed by atoms with E-state index in [2.05, 4.69) is 12.2 Å². The predicted octanol–water partition coefficient (Wildman–Crippen LogP) is 4.25. The second-order valence-corrected chi connectivity index (χ2v) is 7.80. The first-order valence-corrected chi connectivity index (χ1v) is 10.1. The number of nitrogens with one attached hydrogen (secondary N) is 1. The number of ether oxygens (including phenoxy) is 2. The molecule has 0 atom stereocenters. The van der Waals surface area contributed by atoms with Gasteiger partial charge in [-0.2, -0.15) is 0 Å². The van der Waals surface area contributed by atoms with Crippen LogP contribution in [0.2, 0.25) is 0 Å². The third kappa shape index (κ3) is 3.93. The van der Waals surface area contributed by atoms with E-state index in [-0.39, 0.29) is 5.91 Å². The van der Waals surface area contributed by atoms with Gasteiger partial charge >= 0.3 is 0 Å². The summed E-state index contributed by atoms with van der Waals surface area (Å²) < 4.78 is 11.4. The number of carbonyl (C=O) groups is 1. The molecular weight excluding hydrogens is 352 g/mol. The minimum atomic E-state index is 0.143. The Morgan fingerprint density at radius 3 is 2.71 bits per heavy atom. The highest BCUT2D eigenvalue weighted by Crippen LogP contribution is 2.34. The highest BCUT2D eigenvalue weighted by atomic mass is 16.6. The molecule has 5 heteroatoms. The number of hydrogen-bond acceptors (Lipinski definition) is 4. The molecule has 0 radical (unpaired) electrons. The Kier molecular flexibility index (Phi) is 5.42. The Morgan fingerprint density at radius 1 is 1.14 bits per heavy atom. The Labute approximate surface area is 166 Å². The molecule has 1 N–H and O–H groups in total. The number of benzene rings is 2. The molecule has 0 bridgehead atoms. The average Bonchev–Trinajstić information content (AvgIpc) is 2.73. The zero-order valence-corrected chi connectivity index (χ0v) is 16.7. The lowest BCUT2D eigenvalue weighted by atomic mass is 9.98. The number of para-hydroxylation sites is 1. The van der Waals surface area contributed by atoms with E-state index in [0.29, 0.717) is 19.8 Å². The maximum atomic E-state index is 12.8. The third-order valence-corrected chi connectivity index (χ3v) is 5.66. The van der Waals surface area contributed by atoms with Crippen molar-refractivity contribution in [2.45, 2.75) is 33.2 Å². The van der Waals surface area contributed by atoms with Crippen LogP contribution in [0.25, 0.3) is 0 Å². The van der Waals surface area contributed by atoms with Crippen LogP contribution in [0.3, 0.4) is 0 Å². The molecule has 2 aromatic carbocycles. The molecule has 148 valence electrons. The molecule has 2 heterocycles. The van der Waals surface area contributed by atoms with Crippen molar-refractivity contribution in [2.24, 2.45) is 5.92 Å². The first-order valence-electron chi connectivity index (χ1n) is 10.1. The molecule has 0 aromatic heterocycles. The lowest BCUT2D eigenvalue weighted by Gasteiger charge is -2.30. The topological polar surface area (TPSA) is 50.8 Å². The summed E-state index contributed by atoms with van der Waals surface area (Å²) in [6.45, 7) is 7.83. The molecular formula is C23H28N2O3. The van der Waals surface area contributed by atoms with Crippen molar-refractivity contribution < 1.29 is 14.3 Å². The molecule has 28 heavy (non-hydrogen) atoms. The summed E-state index contributed by atoms with van der Waals surface area (Å²) >= 11 is 0. The summed E-state index contributed by atoms with van der Waals surface area (Å²) in [4.78, 5) is 14.8. The standard InChI is InChI=1S/C23H28N2O3/c1-16-8-10-25(11-9-16)23(26)18-6-7-20(17(2)14-18)24-15-19-4-3-5-21-22(19)28-13-12-27-21/h3-7,14,16,24H,8-13,15H2,1-2H3. The zero-order valence-electron chi connectivity index (χ0n) is 16.7. The van der Waals surface area contributed by atoms with Crippen LogP contribution in [0.15, 0.2) is 36.4 Å². The Morgan fingerprint density at radius 2 is 1.93 bits per heavy atom. The van der Waals surface area contributed by atoms with Crippen LogP contribution >= 0.6 is 0 Å². The summed E-state index contributed by atoms with van der Waals surface area (Å²) in [6, 6.07) is 11.9. The highest BCUT2D eigenvalue weighted by Gasteiger charge is 2.22. The van der Waals surface area contributed by atoms with E-state index in [1.807, 2.05) is 48.2 Å². The first-order chi connectivity index (χ1) is 13.6. The molecule has 2 aliphatic heterocycles. The zero-order chi connectivity index (χ0) is 19.5. The van der Waals surface area contributed by atoms with Gasteiger partial charge in [-0.05, 0) is 55.5 Å². The van der Waals surface area contributed by atoms with Crippen LogP contribution in [-0.4, -0.2) is 37.1 Å². The minimum Gasteiger partial charge on any atom is -0.486 e. The minimum absolute atomic E-state index is 0.143. The van der Waals surface area contributed by atoms with Gasteiger partial charge in [0.15, 0.2) is 11.5 Å². The van der Waals surface area contributed by atoms with Gasteiger partial charge in [-0.3, -0.25) is 4.79 Å². The number of hydrogen-bond donors (Lipinski definition) is 1. The second-order valence-electron chi connectivity index (χ2n) is 7.80. The Hall–Kier alpha value is -2.69. The van der Waals surface area contributed by atoms with Gasteiger partial charge in [-0.1, -0.05) is 19.1 Å². The van der Waals surface area contributed by atoms with Gasteiger partial charge < -0.3 is 19.7 Å². The number of piperidine rings is 1. The number of carbonyl (C=O) groups excluding carboxylic acids is 1. The number of likely N-dealkylation sites (tertiary alicyclic amines) is 1. The van der Waals surface area contributed by atoms with E-state index >= 15 is 0 Å². The van der Waals surface area contributed by atoms with Gasteiger partial charge in [0.2, 0.25) is 0 Å². The lowest BCUT2D eigenvalue weighted by molar-refractivity contribution is 0.0697. The molecule has 0 unspecified atom stereocenters. The van der Waals surface area contributed by atoms with Crippen LogP contribution in [0.1, 0.15) is 41.3 Å². The molecule has 2 aliphatic rings. The van der Waals surface area contributed by atoms with Crippen LogP contribution in [-0.2, 0) is 6.54 Å². The molecule has 1 amide bonds. The van der Waals surface area contributed by atoms with E-state index in [9.17, 15) is 4.79 Å². The smallest absolute Gasteiger partial charge is 0.253 e. The number of nitrogens with zero attached hydrogens (tertiary/aromatic N) is 1. The number of fused-ring (bicyclic) bond motifs is 1. The summed E-state index contributed by atoms with van der Waals surface area (Å²) in [5, 5.41) is 3.47. The van der Waals surface area contributed by atoms with Crippen molar-refractivity contribution in [2.75, 3.05) is 31.6 Å². The Bertz CT molecular complexity index is 857. The molecule has 0 aliphatic carbocycles. The van der Waals surface area contributed by atoms with Crippen LogP contribution in [0.5, 0.6) is 11.5 Å². The van der Waals surface area contributed by atoms with Crippen molar-refractivity contribution >= 4 is 11.6 Å². The normalized spacial score (nSPS) is 16.7. The van der Waals surface area contributed by atoms with E-state index in [1.54, 1.807) is 0 Å². The fourth-order valence-electron chi connectivity index (χ4n) is 3.85. The number of rotatable bonds is 4. The highest BCUT2D eigenvalue weighted by molar-refractivity contribution is 5.95. The summed E-state index contributed by atoms with van der Waals surface area (Å²) in [5.41, 5.74) is 3.93. The van der Waals surface area contributed by atoms with Crippen molar-refractivity contribution in [3.63, 3.8) is 0 Å². The van der Waals surface area contributed by atoms with Crippen LogP contribution in [0, 0.1) is 12.8 Å². The summed E-state index contributed by atoms with van der Waals surface area (Å²) in [6.07, 6.45) is 2.19. The number of aryl methyl sites for hydroxylation is 1. The summed E-state index contributed by atoms with van der Waals surface area (Å²) in [5.74, 6) is 2.49. The Balaban J connectivity index is 1.43. The van der Waals surface area contributed by atoms with Crippen molar-refractivity contribution in [1.82, 2.24) is 4.90 Å². The fraction of sp³-hybridized carbons (Fsp3) is 0.435. The molecule has 4 rings (SSSR count). The van der Waals surface area contributed by atoms with Crippen molar-refractivity contribution in [3.8, 4) is 11.5 Å². The summed E-state index contributed by atoms with van der Waals surface area (Å²) in [7, 11) is 0.